The first kappa shape index (κ1) is 43.9. The average Bonchev–Trinajstić information content (AvgIpc) is 3.80. The minimum Gasteiger partial charge on any atom is -0.485 e. The second kappa shape index (κ2) is 16.9. The molecule has 0 bridgehead atoms. The van der Waals surface area contributed by atoms with E-state index in [2.05, 4.69) is 203 Å². The third-order valence-corrected chi connectivity index (χ3v) is 20.4. The lowest BCUT2D eigenvalue weighted by Gasteiger charge is -2.44. The average molecular weight is 964 g/mol. The Morgan fingerprint density at radius 2 is 1.52 bits per heavy atom. The highest BCUT2D eigenvalue weighted by Crippen LogP contribution is 2.62. The highest BCUT2D eigenvalue weighted by Gasteiger charge is 2.54. The van der Waals surface area contributed by atoms with Gasteiger partial charge in [-0.05, 0) is 154 Å². The number of hydrogen-bond donors (Lipinski definition) is 0. The first-order valence-corrected chi connectivity index (χ1v) is 27.9. The number of benzene rings is 4. The predicted octanol–water partition coefficient (Wildman–Crippen LogP) is 17.2. The van der Waals surface area contributed by atoms with Gasteiger partial charge in [0, 0.05) is 54.1 Å². The van der Waals surface area contributed by atoms with E-state index in [1.807, 2.05) is 23.5 Å². The number of rotatable bonds is 6. The van der Waals surface area contributed by atoms with Crippen LogP contribution in [-0.2, 0) is 20.3 Å². The quantitative estimate of drug-likeness (QED) is 0.179. The van der Waals surface area contributed by atoms with Gasteiger partial charge in [0.2, 0.25) is 0 Å². The zero-order chi connectivity index (χ0) is 47.6. The lowest BCUT2D eigenvalue weighted by Crippen LogP contribution is -2.45. The molecule has 0 saturated heterocycles. The van der Waals surface area contributed by atoms with E-state index in [0.29, 0.717) is 11.8 Å². The van der Waals surface area contributed by atoms with E-state index in [1.54, 1.807) is 5.57 Å². The molecule has 3 nitrogen and oxygen atoms in total. The van der Waals surface area contributed by atoms with Gasteiger partial charge in [-0.15, -0.1) is 0 Å². The molecule has 7 unspecified atom stereocenters. The standard InChI is InChI=1S/C66H61NO2S2/c1-65(2)51-20-10-8-16-49(51)59-53(65)36-38-56-62(59)69-61-47(18-12-22-55(61)68-56)42-26-32-45(33-27-42)67(44-30-24-41(25-31-44)40-14-6-5-7-15-40)46-34-28-43(29-35-46)48-19-13-23-57-63(48)71-64-58(70-57)39-37-54-60(64)50-17-9-11-21-52(50)66(54,3)4/h5-8,10-12,14,16,19-22,24-30,32-40,44,47,53,56,59,62H,9,13,15,17-18,23,31H2,1-4H3. The smallest absolute Gasteiger partial charge is 0.158 e. The molecule has 0 spiro atoms. The van der Waals surface area contributed by atoms with Crippen molar-refractivity contribution in [2.24, 2.45) is 11.8 Å². The molecular formula is C66H61NO2S2. The van der Waals surface area contributed by atoms with Gasteiger partial charge in [0.25, 0.3) is 0 Å². The maximum atomic E-state index is 7.29. The highest BCUT2D eigenvalue weighted by molar-refractivity contribution is 8.09. The largest absolute Gasteiger partial charge is 0.485 e. The van der Waals surface area contributed by atoms with Crippen LogP contribution < -0.4 is 4.90 Å². The summed E-state index contributed by atoms with van der Waals surface area (Å²) in [5, 5.41) is 0. The van der Waals surface area contributed by atoms with Gasteiger partial charge in [-0.25, -0.2) is 0 Å². The van der Waals surface area contributed by atoms with Gasteiger partial charge >= 0.3 is 0 Å². The van der Waals surface area contributed by atoms with Crippen molar-refractivity contribution in [3.05, 3.63) is 236 Å². The normalized spacial score (nSPS) is 28.6. The van der Waals surface area contributed by atoms with Gasteiger partial charge in [0.1, 0.15) is 11.9 Å². The molecule has 0 saturated carbocycles. The molecule has 10 aliphatic rings. The topological polar surface area (TPSA) is 21.7 Å². The Balaban J connectivity index is 0.767. The number of thioether (sulfide) groups is 2. The summed E-state index contributed by atoms with van der Waals surface area (Å²) in [6.45, 7) is 9.63. The van der Waals surface area contributed by atoms with Crippen LogP contribution >= 0.6 is 23.5 Å². The van der Waals surface area contributed by atoms with Crippen LogP contribution in [0.3, 0.4) is 0 Å². The van der Waals surface area contributed by atoms with Gasteiger partial charge in [0.05, 0.1) is 6.04 Å². The zero-order valence-electron chi connectivity index (χ0n) is 41.2. The minimum absolute atomic E-state index is 0.0341. The Morgan fingerprint density at radius 3 is 2.34 bits per heavy atom. The molecule has 0 N–H and O–H groups in total. The van der Waals surface area contributed by atoms with Gasteiger partial charge in [-0.1, -0.05) is 179 Å². The van der Waals surface area contributed by atoms with Crippen LogP contribution in [0.1, 0.15) is 118 Å². The van der Waals surface area contributed by atoms with Crippen molar-refractivity contribution in [1.29, 1.82) is 0 Å². The molecule has 0 aromatic heterocycles. The third kappa shape index (κ3) is 6.99. The van der Waals surface area contributed by atoms with E-state index in [-0.39, 0.29) is 40.9 Å². The van der Waals surface area contributed by atoms with Crippen LogP contribution in [0.4, 0.5) is 11.4 Å². The fourth-order valence-electron chi connectivity index (χ4n) is 14.0. The molecule has 7 atom stereocenters. The van der Waals surface area contributed by atoms with Crippen molar-refractivity contribution in [2.75, 3.05) is 4.90 Å². The summed E-state index contributed by atoms with van der Waals surface area (Å²) in [4.78, 5) is 8.45. The minimum atomic E-state index is -0.106. The lowest BCUT2D eigenvalue weighted by atomic mass is 9.71. The third-order valence-electron chi connectivity index (χ3n) is 17.6. The van der Waals surface area contributed by atoms with Crippen molar-refractivity contribution in [1.82, 2.24) is 0 Å². The summed E-state index contributed by atoms with van der Waals surface area (Å²) in [5.41, 5.74) is 16.8. The fraction of sp³-hybridized carbons (Fsp3) is 0.303. The first-order chi connectivity index (χ1) is 34.7. The van der Waals surface area contributed by atoms with E-state index in [9.17, 15) is 0 Å². The van der Waals surface area contributed by atoms with Crippen LogP contribution in [0.15, 0.2) is 212 Å². The van der Waals surface area contributed by atoms with Crippen LogP contribution in [0.5, 0.6) is 0 Å². The Hall–Kier alpha value is -5.88. The second-order valence-electron chi connectivity index (χ2n) is 22.2. The summed E-state index contributed by atoms with van der Waals surface area (Å²) in [6, 6.07) is 33.0. The summed E-state index contributed by atoms with van der Waals surface area (Å²) < 4.78 is 14.2. The fourth-order valence-corrected chi connectivity index (χ4v) is 16.7. The van der Waals surface area contributed by atoms with Crippen molar-refractivity contribution < 1.29 is 9.47 Å². The highest BCUT2D eigenvalue weighted by atomic mass is 32.2. The molecule has 4 aromatic rings. The summed E-state index contributed by atoms with van der Waals surface area (Å²) in [5.74, 6) is 3.01. The van der Waals surface area contributed by atoms with Crippen molar-refractivity contribution in [2.45, 2.75) is 123 Å². The molecule has 0 radical (unpaired) electrons. The molecule has 2 aliphatic heterocycles. The lowest BCUT2D eigenvalue weighted by molar-refractivity contribution is -0.0690. The molecule has 0 amide bonds. The van der Waals surface area contributed by atoms with Crippen LogP contribution in [0.2, 0.25) is 0 Å². The predicted molar refractivity (Wildman–Crippen MR) is 296 cm³/mol. The number of fused-ring (bicyclic) bond motifs is 9. The molecule has 354 valence electrons. The van der Waals surface area contributed by atoms with Crippen LogP contribution in [0, 0.1) is 11.8 Å². The van der Waals surface area contributed by atoms with Gasteiger partial charge < -0.3 is 14.4 Å². The maximum absolute atomic E-state index is 7.29. The number of allylic oxidation sites excluding steroid dienone is 17. The second-order valence-corrected chi connectivity index (χ2v) is 24.4. The molecule has 8 aliphatic carbocycles. The van der Waals surface area contributed by atoms with E-state index >= 15 is 0 Å². The summed E-state index contributed by atoms with van der Waals surface area (Å²) in [6.07, 6.45) is 39.9. The summed E-state index contributed by atoms with van der Waals surface area (Å²) in [7, 11) is 0. The number of nitrogens with zero attached hydrogens (tertiary/aromatic N) is 1. The van der Waals surface area contributed by atoms with E-state index in [4.69, 9.17) is 9.47 Å². The summed E-state index contributed by atoms with van der Waals surface area (Å²) >= 11 is 4.07. The monoisotopic (exact) mass is 963 g/mol. The van der Waals surface area contributed by atoms with Crippen LogP contribution in [-0.4, -0.2) is 18.2 Å². The number of anilines is 2. The molecule has 14 rings (SSSR count). The maximum Gasteiger partial charge on any atom is 0.158 e. The SMILES string of the molecule is CC1(C)C2=C(CCC=C2)c2c1ccc1c2SC2=C(CCC=C2c2ccc(N(c3ccc(C4CC=CC5=C4OC4C(C=CC6C4c4ccccc4C6(C)C)O5)cc3)C3C=CC(C4C=CC=CC4)=CC3)cc2)S1. The van der Waals surface area contributed by atoms with Gasteiger partial charge in [-0.2, -0.15) is 0 Å². The molecular weight excluding hydrogens is 903 g/mol. The molecule has 71 heavy (non-hydrogen) atoms. The number of hydrogen-bond acceptors (Lipinski definition) is 5. The van der Waals surface area contributed by atoms with Crippen molar-refractivity contribution in [3.63, 3.8) is 0 Å². The Morgan fingerprint density at radius 1 is 0.676 bits per heavy atom. The van der Waals surface area contributed by atoms with Gasteiger partial charge in [-0.3, -0.25) is 0 Å². The Kier molecular flexibility index (Phi) is 10.4. The van der Waals surface area contributed by atoms with Crippen LogP contribution in [0.25, 0.3) is 11.1 Å². The first-order valence-electron chi connectivity index (χ1n) is 26.3. The Labute approximate surface area is 429 Å². The van der Waals surface area contributed by atoms with Gasteiger partial charge in [0.15, 0.2) is 11.9 Å². The zero-order valence-corrected chi connectivity index (χ0v) is 42.9. The van der Waals surface area contributed by atoms with E-state index in [1.165, 1.54) is 81.1 Å². The van der Waals surface area contributed by atoms with E-state index < -0.39 is 0 Å². The Bertz CT molecular complexity index is 3270. The van der Waals surface area contributed by atoms with Crippen molar-refractivity contribution in [3.8, 4) is 0 Å². The van der Waals surface area contributed by atoms with Crippen molar-refractivity contribution >= 4 is 46.0 Å². The molecule has 0 fully saturated rings. The molecule has 2 heterocycles. The number of ether oxygens (including phenoxy) is 2. The van der Waals surface area contributed by atoms with E-state index in [0.717, 1.165) is 56.5 Å². The molecule has 4 aromatic carbocycles. The molecule has 5 heteroatoms.